The lowest BCUT2D eigenvalue weighted by atomic mass is 9.78. The average molecular weight is 427 g/mol. The largest absolute Gasteiger partial charge is 0.495 e. The molecule has 1 aliphatic rings. The summed E-state index contributed by atoms with van der Waals surface area (Å²) in [4.78, 5) is 11.9. The van der Waals surface area contributed by atoms with Crippen molar-refractivity contribution in [3.63, 3.8) is 0 Å². The lowest BCUT2D eigenvalue weighted by molar-refractivity contribution is 0.0496. The van der Waals surface area contributed by atoms with Crippen LogP contribution in [0.3, 0.4) is 0 Å². The number of carbonyl (C=O) groups excluding carboxylic acids is 1. The number of ether oxygens (including phenoxy) is 3. The van der Waals surface area contributed by atoms with E-state index in [-0.39, 0.29) is 12.6 Å². The van der Waals surface area contributed by atoms with Crippen molar-refractivity contribution in [2.24, 2.45) is 0 Å². The number of carbonyl (C=O) groups is 1. The van der Waals surface area contributed by atoms with E-state index >= 15 is 0 Å². The number of hydrogen-bond donors (Lipinski definition) is 2. The first-order chi connectivity index (χ1) is 14.7. The Hall–Kier alpha value is -2.55. The molecule has 2 atom stereocenters. The Balaban J connectivity index is 1.57. The van der Waals surface area contributed by atoms with Gasteiger partial charge in [-0.05, 0) is 44.9 Å². The van der Waals surface area contributed by atoms with Crippen LogP contribution in [0.1, 0.15) is 44.9 Å². The fraction of sp³-hybridized carbons (Fsp3) is 0.435. The molecule has 8 heteroatoms. The van der Waals surface area contributed by atoms with Crippen LogP contribution in [0.4, 0.5) is 4.79 Å². The van der Waals surface area contributed by atoms with E-state index in [2.05, 4.69) is 5.32 Å². The molecule has 0 bridgehead atoms. The maximum absolute atomic E-state index is 11.9. The summed E-state index contributed by atoms with van der Waals surface area (Å²) in [5, 5.41) is 13.1. The molecule has 2 aromatic carbocycles. The molecule has 0 radical (unpaired) electrons. The van der Waals surface area contributed by atoms with E-state index in [0.29, 0.717) is 24.4 Å². The molecule has 7 nitrogen and oxygen atoms in total. The highest BCUT2D eigenvalue weighted by Crippen LogP contribution is 2.28. The Morgan fingerprint density at radius 1 is 1.19 bits per heavy atom. The third-order valence-corrected chi connectivity index (χ3v) is 4.61. The average Bonchev–Trinajstić information content (AvgIpc) is 3.03. The summed E-state index contributed by atoms with van der Waals surface area (Å²) < 4.78 is 22.7. The van der Waals surface area contributed by atoms with Gasteiger partial charge in [-0.3, -0.25) is 0 Å². The smallest absolute Gasteiger partial charge is 0.489 e. The van der Waals surface area contributed by atoms with E-state index in [9.17, 15) is 9.82 Å². The standard InChI is InChI=1S/C23H30BNO6/c1-16(14-28-15-17-9-6-5-7-10-17)29-19-12-8-11-18-20(31-24(27)21(18)19)13-25-22(26)30-23(2,3)4/h5-12,16,20,27H,13-15H2,1-4H3,(H,25,26). The van der Waals surface area contributed by atoms with E-state index in [0.717, 1.165) is 11.1 Å². The molecule has 1 heterocycles. The lowest BCUT2D eigenvalue weighted by Gasteiger charge is -2.21. The quantitative estimate of drug-likeness (QED) is 0.631. The highest BCUT2D eigenvalue weighted by atomic mass is 16.6. The molecule has 0 aromatic heterocycles. The molecule has 0 spiro atoms. The zero-order valence-corrected chi connectivity index (χ0v) is 18.5. The molecule has 2 N–H and O–H groups in total. The Morgan fingerprint density at radius 3 is 2.65 bits per heavy atom. The number of fused-ring (bicyclic) bond motifs is 1. The van der Waals surface area contributed by atoms with Gasteiger partial charge in [0.2, 0.25) is 0 Å². The summed E-state index contributed by atoms with van der Waals surface area (Å²) in [6.07, 6.45) is -1.25. The van der Waals surface area contributed by atoms with Crippen molar-refractivity contribution in [2.75, 3.05) is 13.2 Å². The Kier molecular flexibility index (Phi) is 7.59. The van der Waals surface area contributed by atoms with Gasteiger partial charge in [0.25, 0.3) is 0 Å². The maximum Gasteiger partial charge on any atom is 0.495 e. The van der Waals surface area contributed by atoms with Crippen LogP contribution < -0.4 is 15.5 Å². The van der Waals surface area contributed by atoms with Gasteiger partial charge in [-0.15, -0.1) is 0 Å². The van der Waals surface area contributed by atoms with E-state index < -0.39 is 24.9 Å². The topological polar surface area (TPSA) is 86.3 Å². The lowest BCUT2D eigenvalue weighted by Crippen LogP contribution is -2.35. The minimum atomic E-state index is -1.13. The van der Waals surface area contributed by atoms with Crippen LogP contribution in [0.5, 0.6) is 5.75 Å². The van der Waals surface area contributed by atoms with Crippen LogP contribution in [-0.4, -0.2) is 43.1 Å². The number of alkyl carbamates (subject to hydrolysis) is 1. The van der Waals surface area contributed by atoms with Crippen molar-refractivity contribution in [1.82, 2.24) is 5.32 Å². The molecule has 31 heavy (non-hydrogen) atoms. The Bertz CT molecular complexity index is 870. The van der Waals surface area contributed by atoms with Crippen LogP contribution in [0, 0.1) is 0 Å². The van der Waals surface area contributed by atoms with Gasteiger partial charge in [0.15, 0.2) is 0 Å². The normalized spacial score (nSPS) is 16.5. The van der Waals surface area contributed by atoms with E-state index in [4.69, 9.17) is 18.9 Å². The SMILES string of the molecule is CC(COCc1ccccc1)Oc1cccc2c1B(O)OC2CNC(=O)OC(C)(C)C. The second-order valence-corrected chi connectivity index (χ2v) is 8.55. The second-order valence-electron chi connectivity index (χ2n) is 8.55. The first kappa shape index (κ1) is 23.1. The van der Waals surface area contributed by atoms with Crippen LogP contribution in [0.15, 0.2) is 48.5 Å². The van der Waals surface area contributed by atoms with Crippen molar-refractivity contribution in [2.45, 2.75) is 52.1 Å². The molecular weight excluding hydrogens is 397 g/mol. The highest BCUT2D eigenvalue weighted by molar-refractivity contribution is 6.62. The first-order valence-electron chi connectivity index (χ1n) is 10.4. The van der Waals surface area contributed by atoms with E-state index in [1.807, 2.05) is 49.4 Å². The molecule has 0 aliphatic carbocycles. The molecule has 2 unspecified atom stereocenters. The highest BCUT2D eigenvalue weighted by Gasteiger charge is 2.38. The Labute approximate surface area is 183 Å². The van der Waals surface area contributed by atoms with Crippen molar-refractivity contribution in [3.8, 4) is 5.75 Å². The number of amides is 1. The fourth-order valence-electron chi connectivity index (χ4n) is 3.32. The van der Waals surface area contributed by atoms with E-state index in [1.165, 1.54) is 0 Å². The van der Waals surface area contributed by atoms with Gasteiger partial charge in [-0.2, -0.15) is 0 Å². The predicted octanol–water partition coefficient (Wildman–Crippen LogP) is 2.95. The summed E-state index contributed by atoms with van der Waals surface area (Å²) in [6.45, 7) is 8.39. The summed E-state index contributed by atoms with van der Waals surface area (Å²) in [6, 6.07) is 15.4. The van der Waals surface area contributed by atoms with Gasteiger partial charge in [-0.1, -0.05) is 42.5 Å². The maximum atomic E-state index is 11.9. The van der Waals surface area contributed by atoms with E-state index in [1.54, 1.807) is 26.8 Å². The fourth-order valence-corrected chi connectivity index (χ4v) is 3.32. The van der Waals surface area contributed by atoms with Gasteiger partial charge in [0, 0.05) is 12.0 Å². The van der Waals surface area contributed by atoms with Gasteiger partial charge >= 0.3 is 13.2 Å². The first-order valence-corrected chi connectivity index (χ1v) is 10.4. The number of nitrogens with one attached hydrogen (secondary N) is 1. The molecule has 166 valence electrons. The molecule has 3 rings (SSSR count). The van der Waals surface area contributed by atoms with Gasteiger partial charge in [-0.25, -0.2) is 4.79 Å². The van der Waals surface area contributed by atoms with Crippen molar-refractivity contribution >= 4 is 18.7 Å². The van der Waals surface area contributed by atoms with Crippen LogP contribution in [0.25, 0.3) is 0 Å². The number of benzene rings is 2. The predicted molar refractivity (Wildman–Crippen MR) is 118 cm³/mol. The van der Waals surface area contributed by atoms with Crippen molar-refractivity contribution < 1.29 is 28.7 Å². The van der Waals surface area contributed by atoms with Crippen molar-refractivity contribution in [1.29, 1.82) is 0 Å². The number of hydrogen-bond acceptors (Lipinski definition) is 6. The summed E-state index contributed by atoms with van der Waals surface area (Å²) in [5.41, 5.74) is 1.86. The molecule has 1 aliphatic heterocycles. The molecular formula is C23H30BNO6. The van der Waals surface area contributed by atoms with Gasteiger partial charge < -0.3 is 29.2 Å². The monoisotopic (exact) mass is 427 g/mol. The zero-order chi connectivity index (χ0) is 22.4. The molecule has 0 fully saturated rings. The minimum Gasteiger partial charge on any atom is -0.489 e. The zero-order valence-electron chi connectivity index (χ0n) is 18.5. The van der Waals surface area contributed by atoms with Crippen LogP contribution in [0.2, 0.25) is 0 Å². The Morgan fingerprint density at radius 2 is 1.94 bits per heavy atom. The van der Waals surface area contributed by atoms with Crippen LogP contribution >= 0.6 is 0 Å². The molecule has 0 saturated carbocycles. The molecule has 0 saturated heterocycles. The van der Waals surface area contributed by atoms with Gasteiger partial charge in [0.1, 0.15) is 17.5 Å². The summed E-state index contributed by atoms with van der Waals surface area (Å²) >= 11 is 0. The number of rotatable bonds is 8. The minimum absolute atomic E-state index is 0.179. The molecule has 2 aromatic rings. The third-order valence-electron chi connectivity index (χ3n) is 4.61. The summed E-state index contributed by atoms with van der Waals surface area (Å²) in [7, 11) is -1.13. The van der Waals surface area contributed by atoms with Crippen LogP contribution in [-0.2, 0) is 20.7 Å². The summed E-state index contributed by atoms with van der Waals surface area (Å²) in [5.74, 6) is 0.542. The second kappa shape index (κ2) is 10.2. The van der Waals surface area contributed by atoms with Crippen molar-refractivity contribution in [3.05, 3.63) is 59.7 Å². The van der Waals surface area contributed by atoms with Gasteiger partial charge in [0.05, 0.1) is 19.3 Å². The molecule has 1 amide bonds. The third kappa shape index (κ3) is 6.72.